The van der Waals surface area contributed by atoms with Gasteiger partial charge in [-0.25, -0.2) is 0 Å². The van der Waals surface area contributed by atoms with Crippen molar-refractivity contribution in [3.05, 3.63) is 0 Å². The summed E-state index contributed by atoms with van der Waals surface area (Å²) >= 11 is 0. The van der Waals surface area contributed by atoms with Crippen LogP contribution in [0.15, 0.2) is 0 Å². The van der Waals surface area contributed by atoms with Gasteiger partial charge in [-0.3, -0.25) is 4.79 Å². The molecule has 1 heterocycles. The molecule has 0 radical (unpaired) electrons. The molecule has 1 aliphatic heterocycles. The summed E-state index contributed by atoms with van der Waals surface area (Å²) in [4.78, 5) is 12.0. The second-order valence-electron chi connectivity index (χ2n) is 5.33. The van der Waals surface area contributed by atoms with Gasteiger partial charge in [0.05, 0.1) is 18.8 Å². The second-order valence-corrected chi connectivity index (χ2v) is 5.33. The molecular formula is C14H24O4. The summed E-state index contributed by atoms with van der Waals surface area (Å²) in [6.07, 6.45) is 5.46. The molecular weight excluding hydrogens is 232 g/mol. The number of hydrogen-bond donors (Lipinski definition) is 0. The molecule has 2 rings (SSSR count). The van der Waals surface area contributed by atoms with Crippen molar-refractivity contribution in [2.24, 2.45) is 5.92 Å². The lowest BCUT2D eigenvalue weighted by molar-refractivity contribution is -0.211. The van der Waals surface area contributed by atoms with Crippen LogP contribution in [0.1, 0.15) is 52.9 Å². The zero-order chi connectivity index (χ0) is 13.2. The van der Waals surface area contributed by atoms with Crippen molar-refractivity contribution in [2.45, 2.75) is 70.9 Å². The van der Waals surface area contributed by atoms with Crippen LogP contribution in [0.3, 0.4) is 0 Å². The SMILES string of the molecule is CCOC(=O)C(CC)C1(C)O[C@H]2CCCC[C@@H]2O1. The third kappa shape index (κ3) is 2.54. The van der Waals surface area contributed by atoms with Crippen molar-refractivity contribution in [3.8, 4) is 0 Å². The largest absolute Gasteiger partial charge is 0.466 e. The number of hydrogen-bond acceptors (Lipinski definition) is 4. The third-order valence-corrected chi connectivity index (χ3v) is 4.03. The Morgan fingerprint density at radius 1 is 1.28 bits per heavy atom. The molecule has 0 spiro atoms. The highest BCUT2D eigenvalue weighted by Crippen LogP contribution is 2.42. The van der Waals surface area contributed by atoms with Crippen molar-refractivity contribution in [2.75, 3.05) is 6.61 Å². The van der Waals surface area contributed by atoms with Gasteiger partial charge >= 0.3 is 5.97 Å². The van der Waals surface area contributed by atoms with E-state index in [2.05, 4.69) is 0 Å². The minimum Gasteiger partial charge on any atom is -0.466 e. The van der Waals surface area contributed by atoms with Gasteiger partial charge in [-0.05, 0) is 33.1 Å². The first-order chi connectivity index (χ1) is 8.60. The summed E-state index contributed by atoms with van der Waals surface area (Å²) < 4.78 is 17.2. The molecule has 104 valence electrons. The van der Waals surface area contributed by atoms with Crippen LogP contribution >= 0.6 is 0 Å². The summed E-state index contributed by atoms with van der Waals surface area (Å²) in [7, 11) is 0. The first kappa shape index (κ1) is 13.8. The van der Waals surface area contributed by atoms with E-state index in [-0.39, 0.29) is 24.1 Å². The molecule has 0 bridgehead atoms. The Morgan fingerprint density at radius 2 is 1.83 bits per heavy atom. The van der Waals surface area contributed by atoms with Crippen LogP contribution < -0.4 is 0 Å². The minimum atomic E-state index is -0.805. The lowest BCUT2D eigenvalue weighted by Gasteiger charge is -2.30. The normalized spacial score (nSPS) is 31.7. The molecule has 4 nitrogen and oxygen atoms in total. The molecule has 0 amide bonds. The summed E-state index contributed by atoms with van der Waals surface area (Å²) in [5.41, 5.74) is 0. The number of fused-ring (bicyclic) bond motifs is 1. The highest BCUT2D eigenvalue weighted by atomic mass is 16.8. The molecule has 0 aromatic heterocycles. The summed E-state index contributed by atoms with van der Waals surface area (Å²) in [6, 6.07) is 0. The van der Waals surface area contributed by atoms with Gasteiger partial charge in [0.2, 0.25) is 0 Å². The molecule has 4 heteroatoms. The van der Waals surface area contributed by atoms with E-state index < -0.39 is 5.79 Å². The van der Waals surface area contributed by atoms with Crippen LogP contribution in [-0.2, 0) is 19.0 Å². The molecule has 0 N–H and O–H groups in total. The molecule has 1 saturated heterocycles. The van der Waals surface area contributed by atoms with Gasteiger partial charge < -0.3 is 14.2 Å². The van der Waals surface area contributed by atoms with E-state index in [4.69, 9.17) is 14.2 Å². The first-order valence-corrected chi connectivity index (χ1v) is 7.13. The Balaban J connectivity index is 2.07. The second kappa shape index (κ2) is 5.57. The van der Waals surface area contributed by atoms with Gasteiger partial charge in [0.25, 0.3) is 0 Å². The predicted octanol–water partition coefficient (Wildman–Crippen LogP) is 2.65. The van der Waals surface area contributed by atoms with Gasteiger partial charge in [0.15, 0.2) is 5.79 Å². The summed E-state index contributed by atoms with van der Waals surface area (Å²) in [6.45, 7) is 6.08. The standard InChI is InChI=1S/C14H24O4/c1-4-10(13(15)16-5-2)14(3)17-11-8-6-7-9-12(11)18-14/h10-12H,4-9H2,1-3H3/t10?,11-,12-/m0/s1. The topological polar surface area (TPSA) is 44.8 Å². The van der Waals surface area contributed by atoms with Crippen LogP contribution in [0.2, 0.25) is 0 Å². The maximum atomic E-state index is 12.0. The minimum absolute atomic E-state index is 0.159. The molecule has 0 aromatic rings. The number of ether oxygens (including phenoxy) is 3. The fourth-order valence-corrected chi connectivity index (χ4v) is 3.12. The average Bonchev–Trinajstić information content (AvgIpc) is 2.66. The van der Waals surface area contributed by atoms with Crippen molar-refractivity contribution in [3.63, 3.8) is 0 Å². The van der Waals surface area contributed by atoms with Crippen LogP contribution in [-0.4, -0.2) is 30.6 Å². The number of rotatable bonds is 4. The van der Waals surface area contributed by atoms with E-state index in [9.17, 15) is 4.79 Å². The highest BCUT2D eigenvalue weighted by Gasteiger charge is 2.51. The van der Waals surface area contributed by atoms with E-state index >= 15 is 0 Å². The van der Waals surface area contributed by atoms with Crippen molar-refractivity contribution >= 4 is 5.97 Å². The van der Waals surface area contributed by atoms with Crippen LogP contribution in [0.25, 0.3) is 0 Å². The van der Waals surface area contributed by atoms with Crippen molar-refractivity contribution < 1.29 is 19.0 Å². The Bertz CT molecular complexity index is 288. The van der Waals surface area contributed by atoms with Gasteiger partial charge in [-0.15, -0.1) is 0 Å². The molecule has 2 fully saturated rings. The Kier molecular flexibility index (Phi) is 4.28. The number of carbonyl (C=O) groups excluding carboxylic acids is 1. The summed E-state index contributed by atoms with van der Waals surface area (Å²) in [5, 5.41) is 0. The number of carbonyl (C=O) groups is 1. The van der Waals surface area contributed by atoms with E-state index in [0.29, 0.717) is 13.0 Å². The maximum absolute atomic E-state index is 12.0. The third-order valence-electron chi connectivity index (χ3n) is 4.03. The van der Waals surface area contributed by atoms with Gasteiger partial charge in [-0.1, -0.05) is 19.8 Å². The molecule has 0 aromatic carbocycles. The predicted molar refractivity (Wildman–Crippen MR) is 67.0 cm³/mol. The molecule has 3 atom stereocenters. The Morgan fingerprint density at radius 3 is 2.28 bits per heavy atom. The van der Waals surface area contributed by atoms with E-state index in [0.717, 1.165) is 12.8 Å². The highest BCUT2D eigenvalue weighted by molar-refractivity contribution is 5.73. The van der Waals surface area contributed by atoms with Crippen molar-refractivity contribution in [1.29, 1.82) is 0 Å². The molecule has 1 aliphatic carbocycles. The maximum Gasteiger partial charge on any atom is 0.314 e. The number of esters is 1. The lowest BCUT2D eigenvalue weighted by Crippen LogP contribution is -2.42. The van der Waals surface area contributed by atoms with Crippen molar-refractivity contribution in [1.82, 2.24) is 0 Å². The zero-order valence-corrected chi connectivity index (χ0v) is 11.6. The average molecular weight is 256 g/mol. The van der Waals surface area contributed by atoms with Crippen LogP contribution in [0.4, 0.5) is 0 Å². The summed E-state index contributed by atoms with van der Waals surface area (Å²) in [5.74, 6) is -1.34. The first-order valence-electron chi connectivity index (χ1n) is 7.13. The Hall–Kier alpha value is -0.610. The zero-order valence-electron chi connectivity index (χ0n) is 11.6. The molecule has 18 heavy (non-hydrogen) atoms. The molecule has 1 unspecified atom stereocenters. The van der Waals surface area contributed by atoms with Crippen LogP contribution in [0.5, 0.6) is 0 Å². The molecule has 1 saturated carbocycles. The van der Waals surface area contributed by atoms with Gasteiger partial charge in [0.1, 0.15) is 5.92 Å². The van der Waals surface area contributed by atoms with E-state index in [1.54, 1.807) is 0 Å². The molecule has 2 aliphatic rings. The smallest absolute Gasteiger partial charge is 0.314 e. The van der Waals surface area contributed by atoms with Crippen LogP contribution in [0, 0.1) is 5.92 Å². The quantitative estimate of drug-likeness (QED) is 0.725. The Labute approximate surface area is 109 Å². The monoisotopic (exact) mass is 256 g/mol. The fourth-order valence-electron chi connectivity index (χ4n) is 3.12. The van der Waals surface area contributed by atoms with Gasteiger partial charge in [-0.2, -0.15) is 0 Å². The fraction of sp³-hybridized carbons (Fsp3) is 0.929. The van der Waals surface area contributed by atoms with E-state index in [1.165, 1.54) is 12.8 Å². The van der Waals surface area contributed by atoms with Gasteiger partial charge in [0, 0.05) is 0 Å². The van der Waals surface area contributed by atoms with E-state index in [1.807, 2.05) is 20.8 Å². The lowest BCUT2D eigenvalue weighted by atomic mass is 9.95.